The van der Waals surface area contributed by atoms with Crippen LogP contribution >= 0.6 is 0 Å². The molecular formula is C16H25N3O2. The molecule has 0 aromatic heterocycles. The fourth-order valence-electron chi connectivity index (χ4n) is 1.72. The van der Waals surface area contributed by atoms with E-state index in [0.29, 0.717) is 18.8 Å². The first-order valence-corrected chi connectivity index (χ1v) is 7.03. The Morgan fingerprint density at radius 3 is 2.67 bits per heavy atom. The predicted molar refractivity (Wildman–Crippen MR) is 86.2 cm³/mol. The molecule has 0 radical (unpaired) electrons. The minimum absolute atomic E-state index is 0.393. The van der Waals surface area contributed by atoms with E-state index in [9.17, 15) is 4.79 Å². The van der Waals surface area contributed by atoms with Gasteiger partial charge in [0.1, 0.15) is 5.75 Å². The van der Waals surface area contributed by atoms with Gasteiger partial charge in [0, 0.05) is 20.6 Å². The van der Waals surface area contributed by atoms with Crippen molar-refractivity contribution in [3.8, 4) is 5.75 Å². The maximum Gasteiger partial charge on any atom is 0.414 e. The van der Waals surface area contributed by atoms with E-state index in [1.165, 1.54) is 4.90 Å². The predicted octanol–water partition coefficient (Wildman–Crippen LogP) is 2.22. The van der Waals surface area contributed by atoms with E-state index in [-0.39, 0.29) is 0 Å². The summed E-state index contributed by atoms with van der Waals surface area (Å²) < 4.78 is 5.33. The van der Waals surface area contributed by atoms with Crippen molar-refractivity contribution >= 4 is 11.7 Å². The minimum Gasteiger partial charge on any atom is -0.410 e. The third-order valence-electron chi connectivity index (χ3n) is 2.92. The Labute approximate surface area is 126 Å². The average molecular weight is 291 g/mol. The lowest BCUT2D eigenvalue weighted by Crippen LogP contribution is -2.25. The highest BCUT2D eigenvalue weighted by Crippen LogP contribution is 2.22. The number of amides is 1. The molecular weight excluding hydrogens is 266 g/mol. The molecule has 0 aliphatic rings. The summed E-state index contributed by atoms with van der Waals surface area (Å²) in [6, 6.07) is 5.74. The molecule has 0 fully saturated rings. The number of allylic oxidation sites excluding steroid dienone is 1. The molecule has 1 amide bonds. The monoisotopic (exact) mass is 291 g/mol. The second kappa shape index (κ2) is 8.44. The van der Waals surface area contributed by atoms with E-state index in [4.69, 9.17) is 10.5 Å². The maximum absolute atomic E-state index is 11.7. The molecule has 116 valence electrons. The molecule has 5 nitrogen and oxygen atoms in total. The summed E-state index contributed by atoms with van der Waals surface area (Å²) in [7, 11) is 3.31. The molecule has 0 heterocycles. The van der Waals surface area contributed by atoms with Gasteiger partial charge in [-0.3, -0.25) is 0 Å². The lowest BCUT2D eigenvalue weighted by Gasteiger charge is -2.14. The molecule has 1 aromatic rings. The number of benzene rings is 1. The van der Waals surface area contributed by atoms with Crippen molar-refractivity contribution in [3.05, 3.63) is 35.9 Å². The van der Waals surface area contributed by atoms with Crippen LogP contribution in [0.5, 0.6) is 5.75 Å². The van der Waals surface area contributed by atoms with Crippen molar-refractivity contribution < 1.29 is 9.53 Å². The fourth-order valence-corrected chi connectivity index (χ4v) is 1.72. The van der Waals surface area contributed by atoms with E-state index in [1.54, 1.807) is 14.1 Å². The largest absolute Gasteiger partial charge is 0.414 e. The normalized spacial score (nSPS) is 10.3. The summed E-state index contributed by atoms with van der Waals surface area (Å²) in [6.07, 6.45) is 0.541. The van der Waals surface area contributed by atoms with Crippen LogP contribution in [0.1, 0.15) is 24.5 Å². The third kappa shape index (κ3) is 5.97. The van der Waals surface area contributed by atoms with Crippen LogP contribution in [0.3, 0.4) is 0 Å². The highest BCUT2D eigenvalue weighted by Gasteiger charge is 2.09. The van der Waals surface area contributed by atoms with Crippen molar-refractivity contribution in [3.63, 3.8) is 0 Å². The molecule has 0 spiro atoms. The van der Waals surface area contributed by atoms with E-state index < -0.39 is 6.09 Å². The van der Waals surface area contributed by atoms with Gasteiger partial charge in [0.05, 0.1) is 0 Å². The molecule has 0 bridgehead atoms. The number of ether oxygens (including phenoxy) is 1. The Hall–Kier alpha value is -1.85. The van der Waals surface area contributed by atoms with Crippen LogP contribution < -0.4 is 15.8 Å². The SMILES string of the molecule is C=C(C)c1cc(CNCCCN)cc(OC(=O)N(C)C)c1. The molecule has 0 aliphatic carbocycles. The molecule has 1 rings (SSSR count). The zero-order chi connectivity index (χ0) is 15.8. The van der Waals surface area contributed by atoms with Crippen LogP contribution in [-0.4, -0.2) is 38.2 Å². The van der Waals surface area contributed by atoms with Crippen molar-refractivity contribution in [2.75, 3.05) is 27.2 Å². The van der Waals surface area contributed by atoms with Gasteiger partial charge in [-0.2, -0.15) is 0 Å². The highest BCUT2D eigenvalue weighted by atomic mass is 16.6. The number of carbonyl (C=O) groups excluding carboxylic acids is 1. The Morgan fingerprint density at radius 2 is 2.10 bits per heavy atom. The highest BCUT2D eigenvalue weighted by molar-refractivity contribution is 5.71. The summed E-state index contributed by atoms with van der Waals surface area (Å²) in [4.78, 5) is 13.1. The van der Waals surface area contributed by atoms with Gasteiger partial charge in [-0.05, 0) is 55.8 Å². The van der Waals surface area contributed by atoms with E-state index in [1.807, 2.05) is 25.1 Å². The van der Waals surface area contributed by atoms with E-state index >= 15 is 0 Å². The zero-order valence-corrected chi connectivity index (χ0v) is 13.1. The zero-order valence-electron chi connectivity index (χ0n) is 13.1. The second-order valence-electron chi connectivity index (χ2n) is 5.23. The van der Waals surface area contributed by atoms with Gasteiger partial charge >= 0.3 is 6.09 Å². The Bertz CT molecular complexity index is 498. The number of rotatable bonds is 7. The number of hydrogen-bond donors (Lipinski definition) is 2. The van der Waals surface area contributed by atoms with Crippen LogP contribution in [0.15, 0.2) is 24.8 Å². The van der Waals surface area contributed by atoms with Crippen LogP contribution in [0.2, 0.25) is 0 Å². The first-order chi connectivity index (χ1) is 9.93. The van der Waals surface area contributed by atoms with Crippen LogP contribution in [0.4, 0.5) is 4.79 Å². The smallest absolute Gasteiger partial charge is 0.410 e. The quantitative estimate of drug-likeness (QED) is 0.756. The number of nitrogens with zero attached hydrogens (tertiary/aromatic N) is 1. The first-order valence-electron chi connectivity index (χ1n) is 7.03. The van der Waals surface area contributed by atoms with Crippen molar-refractivity contribution in [1.29, 1.82) is 0 Å². The van der Waals surface area contributed by atoms with Crippen molar-refractivity contribution in [2.24, 2.45) is 5.73 Å². The summed E-state index contributed by atoms with van der Waals surface area (Å²) in [5, 5.41) is 3.31. The molecule has 1 aromatic carbocycles. The molecule has 0 aliphatic heterocycles. The molecule has 21 heavy (non-hydrogen) atoms. The van der Waals surface area contributed by atoms with Gasteiger partial charge in [-0.15, -0.1) is 0 Å². The second-order valence-corrected chi connectivity index (χ2v) is 5.23. The molecule has 3 N–H and O–H groups in total. The Morgan fingerprint density at radius 1 is 1.38 bits per heavy atom. The number of carbonyl (C=O) groups is 1. The van der Waals surface area contributed by atoms with Gasteiger partial charge in [0.15, 0.2) is 0 Å². The number of nitrogens with one attached hydrogen (secondary N) is 1. The van der Waals surface area contributed by atoms with E-state index in [0.717, 1.165) is 29.7 Å². The summed E-state index contributed by atoms with van der Waals surface area (Å²) in [5.74, 6) is 0.532. The van der Waals surface area contributed by atoms with Gasteiger partial charge < -0.3 is 20.7 Å². The molecule has 0 unspecified atom stereocenters. The summed E-state index contributed by atoms with van der Waals surface area (Å²) in [6.45, 7) is 8.11. The topological polar surface area (TPSA) is 67.6 Å². The lowest BCUT2D eigenvalue weighted by atomic mass is 10.0. The summed E-state index contributed by atoms with van der Waals surface area (Å²) >= 11 is 0. The maximum atomic E-state index is 11.7. The summed E-state index contributed by atoms with van der Waals surface area (Å²) in [5.41, 5.74) is 8.41. The van der Waals surface area contributed by atoms with Crippen LogP contribution in [0.25, 0.3) is 5.57 Å². The molecule has 5 heteroatoms. The fraction of sp³-hybridized carbons (Fsp3) is 0.438. The molecule has 0 saturated heterocycles. The van der Waals surface area contributed by atoms with Crippen molar-refractivity contribution in [2.45, 2.75) is 19.9 Å². The third-order valence-corrected chi connectivity index (χ3v) is 2.92. The van der Waals surface area contributed by atoms with Gasteiger partial charge in [-0.25, -0.2) is 4.79 Å². The van der Waals surface area contributed by atoms with Crippen LogP contribution in [-0.2, 0) is 6.54 Å². The van der Waals surface area contributed by atoms with Crippen LogP contribution in [0, 0.1) is 0 Å². The van der Waals surface area contributed by atoms with E-state index in [2.05, 4.69) is 11.9 Å². The van der Waals surface area contributed by atoms with Gasteiger partial charge in [0.2, 0.25) is 0 Å². The Kier molecular flexibility index (Phi) is 6.91. The number of nitrogens with two attached hydrogens (primary N) is 1. The Balaban J connectivity index is 2.84. The average Bonchev–Trinajstić information content (AvgIpc) is 2.43. The first kappa shape index (κ1) is 17.2. The van der Waals surface area contributed by atoms with Gasteiger partial charge in [-0.1, -0.05) is 12.2 Å². The molecule has 0 atom stereocenters. The minimum atomic E-state index is -0.393. The lowest BCUT2D eigenvalue weighted by molar-refractivity contribution is 0.172. The number of hydrogen-bond acceptors (Lipinski definition) is 4. The standard InChI is InChI=1S/C16H25N3O2/c1-12(2)14-8-13(11-18-7-5-6-17)9-15(10-14)21-16(20)19(3)4/h8-10,18H,1,5-7,11,17H2,2-4H3. The van der Waals surface area contributed by atoms with Gasteiger partial charge in [0.25, 0.3) is 0 Å². The molecule has 0 saturated carbocycles. The van der Waals surface area contributed by atoms with Crippen molar-refractivity contribution in [1.82, 2.24) is 10.2 Å².